The van der Waals surface area contributed by atoms with Crippen molar-refractivity contribution in [1.29, 1.82) is 0 Å². The smallest absolute Gasteiger partial charge is 0.159 e. The number of pyridine rings is 2. The molecule has 6 heterocycles. The Bertz CT molecular complexity index is 4420. The predicted molar refractivity (Wildman–Crippen MR) is 370 cm³/mol. The van der Waals surface area contributed by atoms with Crippen molar-refractivity contribution < 1.29 is 9.47 Å². The molecule has 0 fully saturated rings. The molecule has 0 aliphatic carbocycles. The van der Waals surface area contributed by atoms with Gasteiger partial charge >= 0.3 is 0 Å². The number of benzene rings is 7. The molecule has 0 saturated heterocycles. The summed E-state index contributed by atoms with van der Waals surface area (Å²) < 4.78 is 22.0. The molecule has 0 N–H and O–H groups in total. The molecule has 0 spiro atoms. The van der Waals surface area contributed by atoms with Crippen LogP contribution in [-0.2, 0) is 26.2 Å². The van der Waals surface area contributed by atoms with E-state index < -0.39 is 0 Å². The molecular formula is C78H80N10O2. The van der Waals surface area contributed by atoms with Gasteiger partial charge in [-0.05, 0) is 168 Å². The number of hydrogen-bond donors (Lipinski definition) is 0. The Balaban J connectivity index is 0.850. The van der Waals surface area contributed by atoms with Crippen LogP contribution in [0.3, 0.4) is 0 Å². The maximum absolute atomic E-state index is 6.30. The molecule has 90 heavy (non-hydrogen) atoms. The molecule has 0 aliphatic heterocycles. The van der Waals surface area contributed by atoms with Gasteiger partial charge in [-0.25, -0.2) is 29.9 Å². The van der Waals surface area contributed by atoms with Crippen LogP contribution in [0.1, 0.15) is 81.1 Å². The van der Waals surface area contributed by atoms with Crippen LogP contribution in [0.5, 0.6) is 11.5 Å². The summed E-state index contributed by atoms with van der Waals surface area (Å²) in [7, 11) is 3.47. The van der Waals surface area contributed by atoms with Gasteiger partial charge in [-0.2, -0.15) is 0 Å². The fourth-order valence-corrected chi connectivity index (χ4v) is 12.4. The normalized spacial score (nSPS) is 12.0. The second kappa shape index (κ2) is 25.4. The van der Waals surface area contributed by atoms with Gasteiger partial charge in [0.1, 0.15) is 34.3 Å². The topological polar surface area (TPSA) is 116 Å². The average Bonchev–Trinajstić information content (AvgIpc) is 1.59. The zero-order valence-corrected chi connectivity index (χ0v) is 53.6. The van der Waals surface area contributed by atoms with Crippen molar-refractivity contribution in [2.24, 2.45) is 23.7 Å². The zero-order chi connectivity index (χ0) is 62.2. The molecule has 0 radical (unpaired) electrons. The largest absolute Gasteiger partial charge is 0.496 e. The van der Waals surface area contributed by atoms with Gasteiger partial charge in [0.15, 0.2) is 23.3 Å². The van der Waals surface area contributed by atoms with Crippen LogP contribution in [0.2, 0.25) is 0 Å². The minimum Gasteiger partial charge on any atom is -0.496 e. The molecular weight excluding hydrogens is 1110 g/mol. The lowest BCUT2D eigenvalue weighted by Crippen LogP contribution is -2.06. The van der Waals surface area contributed by atoms with Crippen molar-refractivity contribution >= 4 is 44.1 Å². The summed E-state index contributed by atoms with van der Waals surface area (Å²) in [5.74, 6) is 6.83. The Kier molecular flexibility index (Phi) is 16.8. The van der Waals surface area contributed by atoms with E-state index in [0.29, 0.717) is 23.7 Å². The third-order valence-electron chi connectivity index (χ3n) is 17.5. The van der Waals surface area contributed by atoms with Gasteiger partial charge in [-0.15, -0.1) is 0 Å². The summed E-state index contributed by atoms with van der Waals surface area (Å²) in [5.41, 5.74) is 19.6. The van der Waals surface area contributed by atoms with Gasteiger partial charge in [0, 0.05) is 37.3 Å². The van der Waals surface area contributed by atoms with Crippen molar-refractivity contribution in [3.8, 4) is 102 Å². The summed E-state index contributed by atoms with van der Waals surface area (Å²) in [4.78, 5) is 32.4. The van der Waals surface area contributed by atoms with E-state index in [-0.39, 0.29) is 0 Å². The lowest BCUT2D eigenvalue weighted by atomic mass is 9.97. The highest BCUT2D eigenvalue weighted by Crippen LogP contribution is 2.43. The lowest BCUT2D eigenvalue weighted by molar-refractivity contribution is 0.406. The summed E-state index contributed by atoms with van der Waals surface area (Å²) in [5, 5.41) is 0. The van der Waals surface area contributed by atoms with Crippen LogP contribution >= 0.6 is 0 Å². The number of methoxy groups -OCH3 is 2. The Morgan fingerprint density at radius 2 is 0.567 bits per heavy atom. The van der Waals surface area contributed by atoms with Gasteiger partial charge < -0.3 is 27.7 Å². The molecule has 12 heteroatoms. The lowest BCUT2D eigenvalue weighted by Gasteiger charge is -2.16. The summed E-state index contributed by atoms with van der Waals surface area (Å²) in [6.45, 7) is 21.4. The first-order chi connectivity index (χ1) is 43.8. The molecule has 0 atom stereocenters. The number of fused-ring (bicyclic) bond motifs is 4. The van der Waals surface area contributed by atoms with Crippen molar-refractivity contribution in [2.45, 2.75) is 107 Å². The van der Waals surface area contributed by atoms with Gasteiger partial charge in [0.05, 0.1) is 58.4 Å². The molecule has 13 rings (SSSR count). The maximum Gasteiger partial charge on any atom is 0.159 e. The third-order valence-corrected chi connectivity index (χ3v) is 17.5. The minimum absolute atomic E-state index is 0.487. The van der Waals surface area contributed by atoms with Gasteiger partial charge in [0.2, 0.25) is 0 Å². The number of rotatable bonds is 22. The summed E-state index contributed by atoms with van der Waals surface area (Å²) >= 11 is 0. The van der Waals surface area contributed by atoms with Crippen LogP contribution in [0.15, 0.2) is 182 Å². The highest BCUT2D eigenvalue weighted by molar-refractivity contribution is 5.92. The van der Waals surface area contributed by atoms with Crippen molar-refractivity contribution in [3.63, 3.8) is 0 Å². The molecule has 0 bridgehead atoms. The Hall–Kier alpha value is -9.68. The quantitative estimate of drug-likeness (QED) is 0.0659. The molecule has 454 valence electrons. The first-order valence-corrected chi connectivity index (χ1v) is 32.1. The number of aromatic nitrogens is 10. The van der Waals surface area contributed by atoms with E-state index in [0.717, 1.165) is 187 Å². The first kappa shape index (κ1) is 59.3. The molecule has 0 saturated carbocycles. The fourth-order valence-electron chi connectivity index (χ4n) is 12.4. The standard InChI is InChI=1S/C78H80N10O2/c1-49(2)35-39-85-69-31-27-55(53-19-13-11-14-20-53)43-65(69)81-75(85)61-23-17-25-63(79-61)77-83-67-45-57(29-33-71(67)87(77)41-37-51(5)6)59-47-74(90-10)60(48-73(59)89-9)58-30-34-72-68(46-58)84-78(88(72)42-38-52(7)8)64-26-18-24-62(80-64)76-82-66-44-56(54-21-15-12-16-22-54)28-32-70(66)86(76)40-36-50(3)4/h11-34,43-52H,35-42H2,1-10H3. The van der Waals surface area contributed by atoms with Gasteiger partial charge in [-0.1, -0.05) is 152 Å². The van der Waals surface area contributed by atoms with E-state index in [4.69, 9.17) is 39.4 Å². The van der Waals surface area contributed by atoms with Crippen molar-refractivity contribution in [2.75, 3.05) is 14.2 Å². The van der Waals surface area contributed by atoms with Crippen LogP contribution < -0.4 is 9.47 Å². The Labute approximate surface area is 528 Å². The van der Waals surface area contributed by atoms with E-state index in [9.17, 15) is 0 Å². The highest BCUT2D eigenvalue weighted by atomic mass is 16.5. The highest BCUT2D eigenvalue weighted by Gasteiger charge is 2.24. The Morgan fingerprint density at radius 1 is 0.289 bits per heavy atom. The molecule has 6 aromatic heterocycles. The number of ether oxygens (including phenoxy) is 2. The predicted octanol–water partition coefficient (Wildman–Crippen LogP) is 19.4. The van der Waals surface area contributed by atoms with E-state index in [1.165, 1.54) is 11.1 Å². The fraction of sp³-hybridized carbons (Fsp3) is 0.282. The molecule has 7 aromatic carbocycles. The number of imidazole rings is 4. The van der Waals surface area contributed by atoms with Crippen LogP contribution in [0, 0.1) is 23.7 Å². The number of hydrogen-bond acceptors (Lipinski definition) is 8. The van der Waals surface area contributed by atoms with Crippen LogP contribution in [-0.4, -0.2) is 62.4 Å². The monoisotopic (exact) mass is 1190 g/mol. The molecule has 0 amide bonds. The van der Waals surface area contributed by atoms with E-state index in [2.05, 4.69) is 256 Å². The van der Waals surface area contributed by atoms with E-state index >= 15 is 0 Å². The van der Waals surface area contributed by atoms with Crippen LogP contribution in [0.25, 0.3) is 135 Å². The number of nitrogens with zero attached hydrogens (tertiary/aromatic N) is 10. The first-order valence-electron chi connectivity index (χ1n) is 32.1. The third kappa shape index (κ3) is 11.9. The van der Waals surface area contributed by atoms with Gasteiger partial charge in [0.25, 0.3) is 0 Å². The zero-order valence-electron chi connectivity index (χ0n) is 53.6. The summed E-state index contributed by atoms with van der Waals surface area (Å²) in [6.07, 6.45) is 4.00. The van der Waals surface area contributed by atoms with Crippen molar-refractivity contribution in [1.82, 2.24) is 48.2 Å². The van der Waals surface area contributed by atoms with Crippen LogP contribution in [0.4, 0.5) is 0 Å². The Morgan fingerprint density at radius 3 is 0.844 bits per heavy atom. The maximum atomic E-state index is 6.30. The second-order valence-electron chi connectivity index (χ2n) is 25.7. The number of aryl methyl sites for hydroxylation is 4. The molecule has 12 nitrogen and oxygen atoms in total. The molecule has 13 aromatic rings. The summed E-state index contributed by atoms with van der Waals surface area (Å²) in [6, 6.07) is 64.1. The van der Waals surface area contributed by atoms with Crippen molar-refractivity contribution in [3.05, 3.63) is 182 Å². The van der Waals surface area contributed by atoms with Gasteiger partial charge in [-0.3, -0.25) is 0 Å². The SMILES string of the molecule is COc1cc(-c2ccc3c(c2)nc(-c2cccc(-c4nc5cc(-c6ccccc6)ccc5n4CCC(C)C)n2)n3CCC(C)C)c(OC)cc1-c1ccc2c(c1)nc(-c1cccc(-c3nc4cc(-c5ccccc5)ccc4n3CCC(C)C)n1)n2CCC(C)C. The minimum atomic E-state index is 0.487. The second-order valence-corrected chi connectivity index (χ2v) is 25.7. The van der Waals surface area contributed by atoms with E-state index in [1.54, 1.807) is 14.2 Å². The van der Waals surface area contributed by atoms with E-state index in [1.807, 2.05) is 0 Å². The molecule has 0 unspecified atom stereocenters. The average molecular weight is 1190 g/mol. The molecule has 0 aliphatic rings.